The number of hydrogen-bond acceptors (Lipinski definition) is 2. The lowest BCUT2D eigenvalue weighted by molar-refractivity contribution is -0.128. The summed E-state index contributed by atoms with van der Waals surface area (Å²) >= 11 is 5.66. The molecule has 1 aromatic rings. The molecule has 0 radical (unpaired) electrons. The number of carbonyl (C=O) groups is 2. The van der Waals surface area contributed by atoms with Gasteiger partial charge in [-0.15, -0.1) is 0 Å². The van der Waals surface area contributed by atoms with Gasteiger partial charge < -0.3 is 0 Å². The number of Topliss-reactive ketones (excluding diaryl/α,β-unsaturated/α-hetero) is 2. The van der Waals surface area contributed by atoms with Gasteiger partial charge >= 0.3 is 0 Å². The van der Waals surface area contributed by atoms with Crippen LogP contribution in [-0.2, 0) is 4.79 Å². The van der Waals surface area contributed by atoms with Crippen LogP contribution in [0.25, 0.3) is 0 Å². The summed E-state index contributed by atoms with van der Waals surface area (Å²) in [5.74, 6) is -2.08. The highest BCUT2D eigenvalue weighted by Gasteiger charge is 2.21. The van der Waals surface area contributed by atoms with Crippen molar-refractivity contribution >= 4 is 23.2 Å². The Morgan fingerprint density at radius 1 is 1.27 bits per heavy atom. The molecule has 0 spiro atoms. The minimum atomic E-state index is -3.11. The molecular formula is C10H7ClF2O2. The van der Waals surface area contributed by atoms with E-state index in [0.717, 1.165) is 0 Å². The normalized spacial score (nSPS) is 10.4. The number of rotatable bonds is 4. The molecule has 1 aromatic carbocycles. The first-order valence-corrected chi connectivity index (χ1v) is 4.48. The van der Waals surface area contributed by atoms with Gasteiger partial charge in [-0.1, -0.05) is 23.7 Å². The Bertz CT molecular complexity index is 391. The van der Waals surface area contributed by atoms with Crippen molar-refractivity contribution in [1.29, 1.82) is 0 Å². The zero-order chi connectivity index (χ0) is 11.4. The van der Waals surface area contributed by atoms with Crippen molar-refractivity contribution in [1.82, 2.24) is 0 Å². The molecule has 15 heavy (non-hydrogen) atoms. The molecule has 5 heteroatoms. The molecule has 0 aliphatic rings. The van der Waals surface area contributed by atoms with Crippen molar-refractivity contribution in [2.24, 2.45) is 0 Å². The topological polar surface area (TPSA) is 34.1 Å². The zero-order valence-corrected chi connectivity index (χ0v) is 8.30. The fourth-order valence-electron chi connectivity index (χ4n) is 1.02. The third kappa shape index (κ3) is 3.09. The predicted molar refractivity (Wildman–Crippen MR) is 51.4 cm³/mol. The summed E-state index contributed by atoms with van der Waals surface area (Å²) in [6.07, 6.45) is -3.93. The molecule has 0 unspecified atom stereocenters. The van der Waals surface area contributed by atoms with Gasteiger partial charge in [0.15, 0.2) is 5.78 Å². The average Bonchev–Trinajstić information content (AvgIpc) is 2.18. The predicted octanol–water partition coefficient (Wildman–Crippen LogP) is 2.75. The van der Waals surface area contributed by atoms with Gasteiger partial charge in [-0.3, -0.25) is 9.59 Å². The first-order valence-electron chi connectivity index (χ1n) is 4.11. The number of halogens is 3. The molecule has 0 N–H and O–H groups in total. The largest absolute Gasteiger partial charge is 0.296 e. The quantitative estimate of drug-likeness (QED) is 0.591. The van der Waals surface area contributed by atoms with Crippen molar-refractivity contribution in [2.45, 2.75) is 12.8 Å². The number of alkyl halides is 2. The van der Waals surface area contributed by atoms with E-state index in [1.54, 1.807) is 12.1 Å². The van der Waals surface area contributed by atoms with E-state index in [1.807, 2.05) is 0 Å². The van der Waals surface area contributed by atoms with Gasteiger partial charge in [0.2, 0.25) is 5.78 Å². The van der Waals surface area contributed by atoms with Crippen LogP contribution in [-0.4, -0.2) is 18.0 Å². The minimum absolute atomic E-state index is 0.0909. The van der Waals surface area contributed by atoms with Gasteiger partial charge in [0, 0.05) is 5.56 Å². The van der Waals surface area contributed by atoms with Gasteiger partial charge in [-0.05, 0) is 12.1 Å². The molecule has 0 bridgehead atoms. The molecule has 2 nitrogen and oxygen atoms in total. The molecule has 0 aliphatic carbocycles. The summed E-state index contributed by atoms with van der Waals surface area (Å²) in [7, 11) is 0. The summed E-state index contributed by atoms with van der Waals surface area (Å²) in [6, 6.07) is 6.01. The third-order valence-corrected chi connectivity index (χ3v) is 2.08. The van der Waals surface area contributed by atoms with Gasteiger partial charge in [-0.2, -0.15) is 0 Å². The number of hydrogen-bond donors (Lipinski definition) is 0. The number of benzene rings is 1. The second kappa shape index (κ2) is 4.98. The molecule has 0 saturated carbocycles. The lowest BCUT2D eigenvalue weighted by Gasteiger charge is -2.01. The van der Waals surface area contributed by atoms with Crippen molar-refractivity contribution in [3.8, 4) is 0 Å². The van der Waals surface area contributed by atoms with Crippen LogP contribution in [0, 0.1) is 0 Å². The van der Waals surface area contributed by atoms with E-state index in [0.29, 0.717) is 0 Å². The van der Waals surface area contributed by atoms with E-state index in [1.165, 1.54) is 12.1 Å². The summed E-state index contributed by atoms with van der Waals surface area (Å²) < 4.78 is 23.7. The molecule has 0 aliphatic heterocycles. The fourth-order valence-corrected chi connectivity index (χ4v) is 1.26. The second-order valence-electron chi connectivity index (χ2n) is 2.85. The first-order chi connectivity index (χ1) is 7.02. The maximum absolute atomic E-state index is 11.9. The van der Waals surface area contributed by atoms with Crippen LogP contribution in [0.3, 0.4) is 0 Å². The number of carbonyl (C=O) groups excluding carboxylic acids is 2. The van der Waals surface area contributed by atoms with Gasteiger partial charge in [0.05, 0.1) is 11.4 Å². The maximum atomic E-state index is 11.9. The Morgan fingerprint density at radius 2 is 1.87 bits per heavy atom. The summed E-state index contributed by atoms with van der Waals surface area (Å²) in [4.78, 5) is 22.0. The highest BCUT2D eigenvalue weighted by Crippen LogP contribution is 2.17. The van der Waals surface area contributed by atoms with Crippen molar-refractivity contribution in [3.05, 3.63) is 34.9 Å². The maximum Gasteiger partial charge on any atom is 0.296 e. The Labute approximate surface area is 89.8 Å². The third-order valence-electron chi connectivity index (χ3n) is 1.75. The molecule has 0 aromatic heterocycles. The van der Waals surface area contributed by atoms with Crippen molar-refractivity contribution < 1.29 is 18.4 Å². The van der Waals surface area contributed by atoms with E-state index in [4.69, 9.17) is 11.6 Å². The highest BCUT2D eigenvalue weighted by molar-refractivity contribution is 6.34. The monoisotopic (exact) mass is 232 g/mol. The van der Waals surface area contributed by atoms with Crippen LogP contribution in [0.1, 0.15) is 16.8 Å². The smallest absolute Gasteiger partial charge is 0.294 e. The standard InChI is InChI=1S/C10H7ClF2O2/c11-7-4-2-1-3-6(7)8(14)5-9(15)10(12)13/h1-4,10H,5H2. The molecule has 0 fully saturated rings. The average molecular weight is 233 g/mol. The van der Waals surface area contributed by atoms with E-state index >= 15 is 0 Å². The van der Waals surface area contributed by atoms with E-state index in [2.05, 4.69) is 0 Å². The van der Waals surface area contributed by atoms with Crippen LogP contribution >= 0.6 is 11.6 Å². The van der Waals surface area contributed by atoms with E-state index < -0.39 is 24.4 Å². The van der Waals surface area contributed by atoms with Crippen LogP contribution in [0.15, 0.2) is 24.3 Å². The van der Waals surface area contributed by atoms with E-state index in [9.17, 15) is 18.4 Å². The van der Waals surface area contributed by atoms with Crippen LogP contribution in [0.2, 0.25) is 5.02 Å². The van der Waals surface area contributed by atoms with Crippen molar-refractivity contribution in [2.75, 3.05) is 0 Å². The van der Waals surface area contributed by atoms with Crippen LogP contribution in [0.4, 0.5) is 8.78 Å². The fraction of sp³-hybridized carbons (Fsp3) is 0.200. The number of ketones is 2. The molecule has 0 heterocycles. The Kier molecular flexibility index (Phi) is 3.91. The Balaban J connectivity index is 2.79. The van der Waals surface area contributed by atoms with Crippen LogP contribution in [0.5, 0.6) is 0 Å². The SMILES string of the molecule is O=C(CC(=O)C(F)F)c1ccccc1Cl. The summed E-state index contributed by atoms with van der Waals surface area (Å²) in [6.45, 7) is 0. The minimum Gasteiger partial charge on any atom is -0.294 e. The molecule has 1 rings (SSSR count). The van der Waals surface area contributed by atoms with Gasteiger partial charge in [0.25, 0.3) is 6.43 Å². The van der Waals surface area contributed by atoms with Gasteiger partial charge in [0.1, 0.15) is 0 Å². The molecular weight excluding hydrogens is 226 g/mol. The lowest BCUT2D eigenvalue weighted by atomic mass is 10.1. The first kappa shape index (κ1) is 11.8. The second-order valence-corrected chi connectivity index (χ2v) is 3.25. The summed E-state index contributed by atoms with van der Waals surface area (Å²) in [5.41, 5.74) is 0.0909. The molecule has 0 amide bonds. The Morgan fingerprint density at radius 3 is 2.40 bits per heavy atom. The van der Waals surface area contributed by atoms with Crippen LogP contribution < -0.4 is 0 Å². The lowest BCUT2D eigenvalue weighted by Crippen LogP contribution is -2.15. The van der Waals surface area contributed by atoms with E-state index in [-0.39, 0.29) is 10.6 Å². The highest BCUT2D eigenvalue weighted by atomic mass is 35.5. The molecule has 0 saturated heterocycles. The van der Waals surface area contributed by atoms with Crippen molar-refractivity contribution in [3.63, 3.8) is 0 Å². The van der Waals surface area contributed by atoms with Gasteiger partial charge in [-0.25, -0.2) is 8.78 Å². The molecule has 80 valence electrons. The molecule has 0 atom stereocenters. The Hall–Kier alpha value is -1.29. The summed E-state index contributed by atoms with van der Waals surface area (Å²) in [5, 5.41) is 0.157. The zero-order valence-electron chi connectivity index (χ0n) is 7.54.